The summed E-state index contributed by atoms with van der Waals surface area (Å²) in [5, 5.41) is 3.45. The predicted molar refractivity (Wildman–Crippen MR) is 84.1 cm³/mol. The Labute approximate surface area is 123 Å². The number of nitrogens with one attached hydrogen (secondary N) is 1. The molecule has 1 aliphatic rings. The first kappa shape index (κ1) is 15.5. The number of aryl methyl sites for hydroxylation is 1. The Hall–Kier alpha value is -0.900. The third-order valence-electron chi connectivity index (χ3n) is 4.10. The second kappa shape index (κ2) is 7.77. The molecule has 20 heavy (non-hydrogen) atoms. The molecule has 2 atom stereocenters. The van der Waals surface area contributed by atoms with Crippen molar-refractivity contribution in [2.75, 3.05) is 33.3 Å². The van der Waals surface area contributed by atoms with Crippen LogP contribution < -0.4 is 5.32 Å². The third-order valence-corrected chi connectivity index (χ3v) is 4.10. The molecule has 3 nitrogen and oxygen atoms in total. The van der Waals surface area contributed by atoms with Gasteiger partial charge in [0, 0.05) is 32.3 Å². The Balaban J connectivity index is 1.88. The van der Waals surface area contributed by atoms with Crippen LogP contribution in [0.5, 0.6) is 0 Å². The molecule has 3 heteroatoms. The minimum absolute atomic E-state index is 0.366. The molecule has 0 saturated carbocycles. The van der Waals surface area contributed by atoms with Crippen LogP contribution in [0, 0.1) is 6.92 Å². The molecule has 0 spiro atoms. The highest BCUT2D eigenvalue weighted by Gasteiger charge is 2.16. The van der Waals surface area contributed by atoms with Gasteiger partial charge in [0.15, 0.2) is 0 Å². The minimum Gasteiger partial charge on any atom is -0.377 e. The van der Waals surface area contributed by atoms with Crippen LogP contribution in [0.25, 0.3) is 0 Å². The Morgan fingerprint density at radius 3 is 2.80 bits per heavy atom. The van der Waals surface area contributed by atoms with Gasteiger partial charge in [-0.2, -0.15) is 0 Å². The molecule has 0 aromatic heterocycles. The van der Waals surface area contributed by atoms with Crippen LogP contribution in [0.4, 0.5) is 0 Å². The molecular formula is C17H28N2O. The molecule has 0 radical (unpaired) electrons. The maximum atomic E-state index is 5.71. The molecule has 2 unspecified atom stereocenters. The standard InChI is InChI=1S/C17H28N2O/c1-14-5-7-16(8-6-14)17(18-3)9-11-19-10-4-12-20-15(2)13-19/h5-8,15,17-18H,4,9-13H2,1-3H3. The van der Waals surface area contributed by atoms with E-state index in [1.54, 1.807) is 0 Å². The molecule has 2 rings (SSSR count). The number of hydrogen-bond donors (Lipinski definition) is 1. The van der Waals surface area contributed by atoms with Crippen LogP contribution in [-0.4, -0.2) is 44.3 Å². The first-order valence-corrected chi connectivity index (χ1v) is 7.77. The summed E-state index contributed by atoms with van der Waals surface area (Å²) in [6.45, 7) is 8.57. The van der Waals surface area contributed by atoms with Crippen LogP contribution in [0.1, 0.15) is 36.9 Å². The van der Waals surface area contributed by atoms with Gasteiger partial charge in [-0.3, -0.25) is 0 Å². The van der Waals surface area contributed by atoms with Gasteiger partial charge in [-0.05, 0) is 39.3 Å². The molecule has 1 aliphatic heterocycles. The van der Waals surface area contributed by atoms with Crippen LogP contribution in [-0.2, 0) is 4.74 Å². The van der Waals surface area contributed by atoms with Gasteiger partial charge in [-0.1, -0.05) is 29.8 Å². The van der Waals surface area contributed by atoms with E-state index in [4.69, 9.17) is 4.74 Å². The van der Waals surface area contributed by atoms with E-state index in [0.717, 1.165) is 39.1 Å². The Bertz CT molecular complexity index is 390. The fourth-order valence-corrected chi connectivity index (χ4v) is 2.87. The summed E-state index contributed by atoms with van der Waals surface area (Å²) in [5.74, 6) is 0. The van der Waals surface area contributed by atoms with Crippen molar-refractivity contribution in [3.63, 3.8) is 0 Å². The molecule has 1 fully saturated rings. The smallest absolute Gasteiger partial charge is 0.0673 e. The van der Waals surface area contributed by atoms with Crippen molar-refractivity contribution in [3.05, 3.63) is 35.4 Å². The minimum atomic E-state index is 0.366. The van der Waals surface area contributed by atoms with Gasteiger partial charge in [0.05, 0.1) is 6.10 Å². The third kappa shape index (κ3) is 4.58. The number of ether oxygens (including phenoxy) is 1. The van der Waals surface area contributed by atoms with Gasteiger partial charge >= 0.3 is 0 Å². The first-order valence-electron chi connectivity index (χ1n) is 7.77. The summed E-state index contributed by atoms with van der Waals surface area (Å²) in [6.07, 6.45) is 2.66. The molecule has 1 aromatic rings. The van der Waals surface area contributed by atoms with Crippen LogP contribution in [0.3, 0.4) is 0 Å². The highest BCUT2D eigenvalue weighted by atomic mass is 16.5. The van der Waals surface area contributed by atoms with Crippen molar-refractivity contribution in [2.24, 2.45) is 0 Å². The molecule has 1 saturated heterocycles. The summed E-state index contributed by atoms with van der Waals surface area (Å²) < 4.78 is 5.71. The summed E-state index contributed by atoms with van der Waals surface area (Å²) in [5.41, 5.74) is 2.71. The van der Waals surface area contributed by atoms with Gasteiger partial charge in [0.1, 0.15) is 0 Å². The van der Waals surface area contributed by atoms with Crippen molar-refractivity contribution in [3.8, 4) is 0 Å². The maximum Gasteiger partial charge on any atom is 0.0673 e. The zero-order valence-corrected chi connectivity index (χ0v) is 13.1. The van der Waals surface area contributed by atoms with Gasteiger partial charge in [-0.15, -0.1) is 0 Å². The first-order chi connectivity index (χ1) is 9.69. The number of nitrogens with zero attached hydrogens (tertiary/aromatic N) is 1. The molecule has 0 amide bonds. The van der Waals surface area contributed by atoms with Crippen LogP contribution in [0.2, 0.25) is 0 Å². The second-order valence-electron chi connectivity index (χ2n) is 5.88. The molecular weight excluding hydrogens is 248 g/mol. The van der Waals surface area contributed by atoms with E-state index in [1.165, 1.54) is 11.1 Å². The molecule has 1 heterocycles. The van der Waals surface area contributed by atoms with Crippen molar-refractivity contribution in [1.82, 2.24) is 10.2 Å². The fourth-order valence-electron chi connectivity index (χ4n) is 2.87. The van der Waals surface area contributed by atoms with Crippen molar-refractivity contribution in [1.29, 1.82) is 0 Å². The summed E-state index contributed by atoms with van der Waals surface area (Å²) in [7, 11) is 2.05. The Morgan fingerprint density at radius 2 is 2.10 bits per heavy atom. The second-order valence-corrected chi connectivity index (χ2v) is 5.88. The molecule has 0 aliphatic carbocycles. The van der Waals surface area contributed by atoms with E-state index in [2.05, 4.69) is 55.4 Å². The summed E-state index contributed by atoms with van der Waals surface area (Å²) in [4.78, 5) is 2.54. The van der Waals surface area contributed by atoms with Crippen LogP contribution >= 0.6 is 0 Å². The lowest BCUT2D eigenvalue weighted by atomic mass is 10.0. The molecule has 0 bridgehead atoms. The van der Waals surface area contributed by atoms with Crippen LogP contribution in [0.15, 0.2) is 24.3 Å². The van der Waals surface area contributed by atoms with E-state index >= 15 is 0 Å². The topological polar surface area (TPSA) is 24.5 Å². The zero-order chi connectivity index (χ0) is 14.4. The molecule has 1 N–H and O–H groups in total. The lowest BCUT2D eigenvalue weighted by Gasteiger charge is -2.25. The quantitative estimate of drug-likeness (QED) is 0.895. The number of hydrogen-bond acceptors (Lipinski definition) is 3. The average molecular weight is 276 g/mol. The number of rotatable bonds is 5. The van der Waals surface area contributed by atoms with Crippen molar-refractivity contribution >= 4 is 0 Å². The molecule has 112 valence electrons. The number of benzene rings is 1. The highest BCUT2D eigenvalue weighted by Crippen LogP contribution is 2.18. The van der Waals surface area contributed by atoms with E-state index in [-0.39, 0.29) is 0 Å². The lowest BCUT2D eigenvalue weighted by molar-refractivity contribution is 0.0672. The largest absolute Gasteiger partial charge is 0.377 e. The zero-order valence-electron chi connectivity index (χ0n) is 13.1. The van der Waals surface area contributed by atoms with E-state index in [9.17, 15) is 0 Å². The predicted octanol–water partition coefficient (Wildman–Crippen LogP) is 2.76. The van der Waals surface area contributed by atoms with Gasteiger partial charge in [-0.25, -0.2) is 0 Å². The van der Waals surface area contributed by atoms with E-state index in [1.807, 2.05) is 0 Å². The monoisotopic (exact) mass is 276 g/mol. The lowest BCUT2D eigenvalue weighted by Crippen LogP contribution is -2.33. The van der Waals surface area contributed by atoms with Gasteiger partial charge < -0.3 is 15.0 Å². The molecule has 1 aromatic carbocycles. The highest BCUT2D eigenvalue weighted by molar-refractivity contribution is 5.24. The SMILES string of the molecule is CNC(CCN1CCCOC(C)C1)c1ccc(C)cc1. The fraction of sp³-hybridized carbons (Fsp3) is 0.647. The Kier molecular flexibility index (Phi) is 6.02. The van der Waals surface area contributed by atoms with Gasteiger partial charge in [0.25, 0.3) is 0 Å². The summed E-state index contributed by atoms with van der Waals surface area (Å²) >= 11 is 0. The van der Waals surface area contributed by atoms with Crippen molar-refractivity contribution < 1.29 is 4.74 Å². The normalized spacial score (nSPS) is 22.4. The average Bonchev–Trinajstić information content (AvgIpc) is 2.66. The van der Waals surface area contributed by atoms with E-state index in [0.29, 0.717) is 12.1 Å². The van der Waals surface area contributed by atoms with Gasteiger partial charge in [0.2, 0.25) is 0 Å². The van der Waals surface area contributed by atoms with Crippen molar-refractivity contribution in [2.45, 2.75) is 38.8 Å². The Morgan fingerprint density at radius 1 is 1.35 bits per heavy atom. The maximum absolute atomic E-state index is 5.71. The summed E-state index contributed by atoms with van der Waals surface area (Å²) in [6, 6.07) is 9.31. The van der Waals surface area contributed by atoms with E-state index < -0.39 is 0 Å².